The number of aromatic amines is 1. The second kappa shape index (κ2) is 4.40. The molecule has 0 saturated heterocycles. The first-order valence-electron chi connectivity index (χ1n) is 4.49. The van der Waals surface area contributed by atoms with Crippen LogP contribution in [-0.4, -0.2) is 10.1 Å². The van der Waals surface area contributed by atoms with Crippen molar-refractivity contribution in [2.24, 2.45) is 0 Å². The van der Waals surface area contributed by atoms with E-state index in [2.05, 4.69) is 20.9 Å². The smallest absolute Gasteiger partial charge is 0.128 e. The van der Waals surface area contributed by atoms with Gasteiger partial charge in [0.2, 0.25) is 0 Å². The van der Waals surface area contributed by atoms with E-state index in [1.807, 2.05) is 12.1 Å². The lowest BCUT2D eigenvalue weighted by atomic mass is 10.3. The first-order chi connectivity index (χ1) is 7.24. The Morgan fingerprint density at radius 3 is 2.47 bits per heavy atom. The summed E-state index contributed by atoms with van der Waals surface area (Å²) in [4.78, 5) is 3.10. The van der Waals surface area contributed by atoms with Crippen molar-refractivity contribution >= 4 is 15.9 Å². The Balaban J connectivity index is 1.96. The predicted octanol–water partition coefficient (Wildman–Crippen LogP) is 3.06. The lowest BCUT2D eigenvalue weighted by Gasteiger charge is -2.04. The third-order valence-corrected chi connectivity index (χ3v) is 2.40. The summed E-state index contributed by atoms with van der Waals surface area (Å²) in [5.74, 6) is 0.975. The predicted molar refractivity (Wildman–Crippen MR) is 60.9 cm³/mol. The second-order valence-corrected chi connectivity index (χ2v) is 3.97. The first kappa shape index (κ1) is 10.1. The fourth-order valence-corrected chi connectivity index (χ4v) is 1.58. The molecule has 2 rings (SSSR count). The average molecular weight is 268 g/mol. The first-order valence-corrected chi connectivity index (χ1v) is 5.28. The minimum Gasteiger partial charge on any atom is -0.508 e. The van der Waals surface area contributed by atoms with E-state index in [1.54, 1.807) is 24.3 Å². The molecular weight excluding hydrogens is 258 g/mol. The summed E-state index contributed by atoms with van der Waals surface area (Å²) in [5, 5.41) is 9.08. The van der Waals surface area contributed by atoms with Crippen molar-refractivity contribution in [3.8, 4) is 11.5 Å². The summed E-state index contributed by atoms with van der Waals surface area (Å²) in [7, 11) is 0. The monoisotopic (exact) mass is 267 g/mol. The summed E-state index contributed by atoms with van der Waals surface area (Å²) < 4.78 is 6.43. The molecular formula is C11H10BrNO2. The molecule has 0 unspecified atom stereocenters. The molecule has 0 fully saturated rings. The van der Waals surface area contributed by atoms with E-state index >= 15 is 0 Å². The summed E-state index contributed by atoms with van der Waals surface area (Å²) >= 11 is 3.32. The highest BCUT2D eigenvalue weighted by Gasteiger charge is 1.98. The van der Waals surface area contributed by atoms with Crippen LogP contribution in [0, 0.1) is 0 Å². The van der Waals surface area contributed by atoms with Gasteiger partial charge in [-0.25, -0.2) is 0 Å². The Labute approximate surface area is 95.8 Å². The van der Waals surface area contributed by atoms with Crippen molar-refractivity contribution < 1.29 is 9.84 Å². The van der Waals surface area contributed by atoms with E-state index in [0.717, 1.165) is 16.0 Å². The maximum absolute atomic E-state index is 9.08. The number of phenols is 1. The van der Waals surface area contributed by atoms with Gasteiger partial charge in [0, 0.05) is 0 Å². The highest BCUT2D eigenvalue weighted by Crippen LogP contribution is 2.17. The summed E-state index contributed by atoms with van der Waals surface area (Å²) in [6.07, 6.45) is 0. The number of rotatable bonds is 3. The molecule has 2 N–H and O–H groups in total. The number of halogens is 1. The molecule has 0 amide bonds. The van der Waals surface area contributed by atoms with Crippen molar-refractivity contribution in [2.75, 3.05) is 0 Å². The zero-order valence-electron chi connectivity index (χ0n) is 7.90. The zero-order chi connectivity index (χ0) is 10.7. The number of H-pyrrole nitrogens is 1. The molecule has 1 heterocycles. The van der Waals surface area contributed by atoms with Gasteiger partial charge >= 0.3 is 0 Å². The standard InChI is InChI=1S/C11H10BrNO2/c12-11-6-1-8(13-11)7-15-10-4-2-9(14)3-5-10/h1-6,13-14H,7H2. The number of hydrogen-bond acceptors (Lipinski definition) is 2. The Morgan fingerprint density at radius 1 is 1.13 bits per heavy atom. The van der Waals surface area contributed by atoms with Gasteiger partial charge < -0.3 is 14.8 Å². The number of phenolic OH excluding ortho intramolecular Hbond substituents is 1. The van der Waals surface area contributed by atoms with Crippen molar-refractivity contribution in [3.05, 3.63) is 46.7 Å². The molecule has 0 aliphatic carbocycles. The number of nitrogens with one attached hydrogen (secondary N) is 1. The molecule has 0 saturated carbocycles. The minimum atomic E-state index is 0.241. The topological polar surface area (TPSA) is 45.2 Å². The maximum Gasteiger partial charge on any atom is 0.128 e. The summed E-state index contributed by atoms with van der Waals surface area (Å²) in [6, 6.07) is 10.5. The van der Waals surface area contributed by atoms with Crippen molar-refractivity contribution in [1.29, 1.82) is 0 Å². The van der Waals surface area contributed by atoms with Crippen LogP contribution in [0.15, 0.2) is 41.0 Å². The fraction of sp³-hybridized carbons (Fsp3) is 0.0909. The van der Waals surface area contributed by atoms with Crippen LogP contribution in [-0.2, 0) is 6.61 Å². The molecule has 4 heteroatoms. The SMILES string of the molecule is Oc1ccc(OCc2ccc(Br)[nH]2)cc1. The Bertz CT molecular complexity index is 436. The van der Waals surface area contributed by atoms with Gasteiger partial charge in [-0.05, 0) is 52.3 Å². The highest BCUT2D eigenvalue weighted by atomic mass is 79.9. The molecule has 0 aliphatic heterocycles. The van der Waals surface area contributed by atoms with Crippen LogP contribution in [0.3, 0.4) is 0 Å². The highest BCUT2D eigenvalue weighted by molar-refractivity contribution is 9.10. The molecule has 1 aromatic carbocycles. The van der Waals surface area contributed by atoms with E-state index < -0.39 is 0 Å². The van der Waals surface area contributed by atoms with Gasteiger partial charge in [-0.15, -0.1) is 0 Å². The van der Waals surface area contributed by atoms with Gasteiger partial charge in [0.1, 0.15) is 18.1 Å². The van der Waals surface area contributed by atoms with Gasteiger partial charge in [-0.3, -0.25) is 0 Å². The normalized spacial score (nSPS) is 10.2. The molecule has 78 valence electrons. The van der Waals surface area contributed by atoms with Crippen LogP contribution in [0.25, 0.3) is 0 Å². The van der Waals surface area contributed by atoms with Gasteiger partial charge in [0.25, 0.3) is 0 Å². The van der Waals surface area contributed by atoms with Crippen molar-refractivity contribution in [1.82, 2.24) is 4.98 Å². The molecule has 1 aromatic heterocycles. The third-order valence-electron chi connectivity index (χ3n) is 1.94. The largest absolute Gasteiger partial charge is 0.508 e. The van der Waals surface area contributed by atoms with Crippen LogP contribution in [0.2, 0.25) is 0 Å². The van der Waals surface area contributed by atoms with Crippen molar-refractivity contribution in [3.63, 3.8) is 0 Å². The molecule has 0 spiro atoms. The van der Waals surface area contributed by atoms with Gasteiger partial charge in [-0.1, -0.05) is 0 Å². The van der Waals surface area contributed by atoms with Crippen LogP contribution in [0.5, 0.6) is 11.5 Å². The number of aromatic nitrogens is 1. The summed E-state index contributed by atoms with van der Waals surface area (Å²) in [6.45, 7) is 0.483. The van der Waals surface area contributed by atoms with Crippen LogP contribution < -0.4 is 4.74 Å². The molecule has 0 atom stereocenters. The summed E-state index contributed by atoms with van der Waals surface area (Å²) in [5.41, 5.74) is 0.995. The van der Waals surface area contributed by atoms with Crippen LogP contribution >= 0.6 is 15.9 Å². The average Bonchev–Trinajstić information content (AvgIpc) is 2.64. The van der Waals surface area contributed by atoms with E-state index in [9.17, 15) is 0 Å². The minimum absolute atomic E-state index is 0.241. The van der Waals surface area contributed by atoms with Gasteiger partial charge in [-0.2, -0.15) is 0 Å². The Kier molecular flexibility index (Phi) is 2.97. The number of ether oxygens (including phenoxy) is 1. The molecule has 15 heavy (non-hydrogen) atoms. The number of benzene rings is 1. The quantitative estimate of drug-likeness (QED) is 0.898. The van der Waals surface area contributed by atoms with Crippen molar-refractivity contribution in [2.45, 2.75) is 6.61 Å². The van der Waals surface area contributed by atoms with Gasteiger partial charge in [0.05, 0.1) is 10.3 Å². The second-order valence-electron chi connectivity index (χ2n) is 3.11. The Morgan fingerprint density at radius 2 is 1.87 bits per heavy atom. The third kappa shape index (κ3) is 2.76. The van der Waals surface area contributed by atoms with Crippen LogP contribution in [0.1, 0.15) is 5.69 Å². The zero-order valence-corrected chi connectivity index (χ0v) is 9.49. The molecule has 0 aliphatic rings. The van der Waals surface area contributed by atoms with E-state index in [0.29, 0.717) is 6.61 Å². The van der Waals surface area contributed by atoms with E-state index in [1.165, 1.54) is 0 Å². The van der Waals surface area contributed by atoms with E-state index in [-0.39, 0.29) is 5.75 Å². The maximum atomic E-state index is 9.08. The van der Waals surface area contributed by atoms with Crippen LogP contribution in [0.4, 0.5) is 0 Å². The molecule has 0 radical (unpaired) electrons. The Hall–Kier alpha value is -1.42. The lowest BCUT2D eigenvalue weighted by molar-refractivity contribution is 0.301. The fourth-order valence-electron chi connectivity index (χ4n) is 1.20. The lowest BCUT2D eigenvalue weighted by Crippen LogP contribution is -1.94. The molecule has 3 nitrogen and oxygen atoms in total. The molecule has 2 aromatic rings. The van der Waals surface area contributed by atoms with Gasteiger partial charge in [0.15, 0.2) is 0 Å². The molecule has 0 bridgehead atoms. The number of hydrogen-bond donors (Lipinski definition) is 2. The van der Waals surface area contributed by atoms with E-state index in [4.69, 9.17) is 9.84 Å². The number of aromatic hydroxyl groups is 1.